The van der Waals surface area contributed by atoms with Crippen LogP contribution in [-0.2, 0) is 6.54 Å². The van der Waals surface area contributed by atoms with Gasteiger partial charge in [0.2, 0.25) is 0 Å². The van der Waals surface area contributed by atoms with Crippen molar-refractivity contribution in [2.45, 2.75) is 6.54 Å². The summed E-state index contributed by atoms with van der Waals surface area (Å²) in [6, 6.07) is 6.90. The van der Waals surface area contributed by atoms with Gasteiger partial charge in [0.25, 0.3) is 5.91 Å². The topological polar surface area (TPSA) is 55.1 Å². The van der Waals surface area contributed by atoms with Gasteiger partial charge in [-0.15, -0.1) is 0 Å². The van der Waals surface area contributed by atoms with Crippen molar-refractivity contribution in [3.8, 4) is 0 Å². The van der Waals surface area contributed by atoms with E-state index < -0.39 is 17.5 Å². The van der Waals surface area contributed by atoms with Crippen molar-refractivity contribution in [3.63, 3.8) is 0 Å². The molecule has 0 radical (unpaired) electrons. The molecule has 3 N–H and O–H groups in total. The molecule has 0 heterocycles. The molecular weight excluding hydrogens is 366 g/mol. The second-order valence-corrected chi connectivity index (χ2v) is 5.54. The molecule has 2 aromatic carbocycles. The first-order valence-electron chi connectivity index (χ1n) is 5.85. The summed E-state index contributed by atoms with van der Waals surface area (Å²) >= 11 is 9.16. The van der Waals surface area contributed by atoms with E-state index in [0.717, 1.165) is 11.6 Å². The molecule has 1 amide bonds. The number of nitrogens with two attached hydrogens (primary N) is 1. The Hall–Kier alpha value is -1.66. The van der Waals surface area contributed by atoms with Crippen molar-refractivity contribution >= 4 is 39.1 Å². The van der Waals surface area contributed by atoms with Crippen LogP contribution < -0.4 is 11.1 Å². The van der Waals surface area contributed by atoms with Crippen LogP contribution in [0.15, 0.2) is 34.8 Å². The maximum atomic E-state index is 13.7. The minimum Gasteiger partial charge on any atom is -0.379 e. The average Bonchev–Trinajstić information content (AvgIpc) is 2.41. The van der Waals surface area contributed by atoms with Gasteiger partial charge in [-0.05, 0) is 39.7 Å². The molecule has 0 aliphatic heterocycles. The molecule has 0 saturated heterocycles. The fourth-order valence-corrected chi connectivity index (χ4v) is 2.26. The van der Waals surface area contributed by atoms with Crippen LogP contribution in [0.5, 0.6) is 0 Å². The standard InChI is InChI=1S/C14H10BrClF2N2O/c15-9-3-7(1-2-10(9)16)6-20-13-4-8(14(19)21)11(17)5-12(13)18/h1-5,20H,6H2,(H2,19,21). The highest BCUT2D eigenvalue weighted by Crippen LogP contribution is 2.24. The van der Waals surface area contributed by atoms with Crippen LogP contribution in [-0.4, -0.2) is 5.91 Å². The van der Waals surface area contributed by atoms with Gasteiger partial charge in [-0.3, -0.25) is 4.79 Å². The highest BCUT2D eigenvalue weighted by molar-refractivity contribution is 9.10. The lowest BCUT2D eigenvalue weighted by Crippen LogP contribution is -2.14. The van der Waals surface area contributed by atoms with Gasteiger partial charge in [-0.25, -0.2) is 8.78 Å². The Bertz CT molecular complexity index is 710. The monoisotopic (exact) mass is 374 g/mol. The molecule has 2 aromatic rings. The van der Waals surface area contributed by atoms with Crippen LogP contribution in [0.1, 0.15) is 15.9 Å². The normalized spacial score (nSPS) is 10.5. The first kappa shape index (κ1) is 15.7. The number of amides is 1. The van der Waals surface area contributed by atoms with E-state index in [2.05, 4.69) is 21.2 Å². The fourth-order valence-electron chi connectivity index (χ4n) is 1.72. The van der Waals surface area contributed by atoms with E-state index in [9.17, 15) is 13.6 Å². The molecular formula is C14H10BrClF2N2O. The summed E-state index contributed by atoms with van der Waals surface area (Å²) in [4.78, 5) is 11.1. The summed E-state index contributed by atoms with van der Waals surface area (Å²) < 4.78 is 27.7. The van der Waals surface area contributed by atoms with Crippen molar-refractivity contribution in [1.29, 1.82) is 0 Å². The molecule has 0 aliphatic rings. The van der Waals surface area contributed by atoms with E-state index >= 15 is 0 Å². The Morgan fingerprint density at radius 3 is 2.57 bits per heavy atom. The SMILES string of the molecule is NC(=O)c1cc(NCc2ccc(Cl)c(Br)c2)c(F)cc1F. The molecule has 0 bridgehead atoms. The Balaban J connectivity index is 2.21. The van der Waals surface area contributed by atoms with E-state index in [-0.39, 0.29) is 17.8 Å². The third kappa shape index (κ3) is 3.71. The number of anilines is 1. The predicted octanol–water partition coefficient (Wildman–Crippen LogP) is 4.09. The molecule has 0 fully saturated rings. The number of benzene rings is 2. The molecule has 7 heteroatoms. The molecule has 0 aromatic heterocycles. The van der Waals surface area contributed by atoms with Crippen LogP contribution in [0, 0.1) is 11.6 Å². The van der Waals surface area contributed by atoms with Crippen molar-refractivity contribution in [1.82, 2.24) is 0 Å². The zero-order chi connectivity index (χ0) is 15.6. The van der Waals surface area contributed by atoms with Gasteiger partial charge in [0.15, 0.2) is 0 Å². The number of halogens is 4. The van der Waals surface area contributed by atoms with Crippen molar-refractivity contribution in [2.75, 3.05) is 5.32 Å². The summed E-state index contributed by atoms with van der Waals surface area (Å²) in [6.07, 6.45) is 0. The van der Waals surface area contributed by atoms with Gasteiger partial charge in [0.05, 0.1) is 16.3 Å². The second-order valence-electron chi connectivity index (χ2n) is 4.28. The zero-order valence-electron chi connectivity index (χ0n) is 10.6. The maximum Gasteiger partial charge on any atom is 0.251 e. The third-order valence-corrected chi connectivity index (χ3v) is 4.00. The van der Waals surface area contributed by atoms with E-state index in [0.29, 0.717) is 15.6 Å². The first-order valence-corrected chi connectivity index (χ1v) is 7.02. The smallest absolute Gasteiger partial charge is 0.251 e. The van der Waals surface area contributed by atoms with Crippen molar-refractivity contribution in [2.24, 2.45) is 5.73 Å². The van der Waals surface area contributed by atoms with E-state index in [1.54, 1.807) is 18.2 Å². The van der Waals surface area contributed by atoms with Gasteiger partial charge >= 0.3 is 0 Å². The van der Waals surface area contributed by atoms with Gasteiger partial charge in [-0.2, -0.15) is 0 Å². The molecule has 0 aliphatic carbocycles. The molecule has 3 nitrogen and oxygen atoms in total. The summed E-state index contributed by atoms with van der Waals surface area (Å²) in [6.45, 7) is 0.274. The summed E-state index contributed by atoms with van der Waals surface area (Å²) in [5, 5.41) is 3.34. The summed E-state index contributed by atoms with van der Waals surface area (Å²) in [5.74, 6) is -2.74. The number of hydrogen-bond donors (Lipinski definition) is 2. The lowest BCUT2D eigenvalue weighted by atomic mass is 10.1. The van der Waals surface area contributed by atoms with E-state index in [1.165, 1.54) is 0 Å². The number of rotatable bonds is 4. The number of nitrogens with one attached hydrogen (secondary N) is 1. The molecule has 110 valence electrons. The lowest BCUT2D eigenvalue weighted by molar-refractivity contribution is 0.0996. The average molecular weight is 376 g/mol. The number of primary amides is 1. The molecule has 0 saturated carbocycles. The van der Waals surface area contributed by atoms with E-state index in [1.807, 2.05) is 0 Å². The molecule has 0 spiro atoms. The van der Waals surface area contributed by atoms with Crippen LogP contribution in [0.3, 0.4) is 0 Å². The Kier molecular flexibility index (Phi) is 4.80. The highest BCUT2D eigenvalue weighted by Gasteiger charge is 2.13. The van der Waals surface area contributed by atoms with Gasteiger partial charge in [0.1, 0.15) is 11.6 Å². The Morgan fingerprint density at radius 2 is 1.95 bits per heavy atom. The Labute approximate surface area is 133 Å². The minimum absolute atomic E-state index is 0.00345. The first-order chi connectivity index (χ1) is 9.88. The van der Waals surface area contributed by atoms with Crippen molar-refractivity contribution in [3.05, 3.63) is 62.6 Å². The third-order valence-electron chi connectivity index (χ3n) is 2.79. The fraction of sp³-hybridized carbons (Fsp3) is 0.0714. The van der Waals surface area contributed by atoms with Gasteiger partial charge in [-0.1, -0.05) is 17.7 Å². The largest absolute Gasteiger partial charge is 0.379 e. The zero-order valence-corrected chi connectivity index (χ0v) is 12.9. The van der Waals surface area contributed by atoms with Crippen LogP contribution in [0.2, 0.25) is 5.02 Å². The second kappa shape index (κ2) is 6.41. The number of hydrogen-bond acceptors (Lipinski definition) is 2. The van der Waals surface area contributed by atoms with E-state index in [4.69, 9.17) is 17.3 Å². The number of carbonyl (C=O) groups excluding carboxylic acids is 1. The van der Waals surface area contributed by atoms with Gasteiger partial charge < -0.3 is 11.1 Å². The number of carbonyl (C=O) groups is 1. The summed E-state index contributed by atoms with van der Waals surface area (Å²) in [7, 11) is 0. The predicted molar refractivity (Wildman–Crippen MR) is 81.4 cm³/mol. The molecule has 0 atom stereocenters. The minimum atomic E-state index is -0.986. The maximum absolute atomic E-state index is 13.7. The van der Waals surface area contributed by atoms with Gasteiger partial charge in [0, 0.05) is 17.1 Å². The lowest BCUT2D eigenvalue weighted by Gasteiger charge is -2.10. The van der Waals surface area contributed by atoms with Crippen LogP contribution in [0.25, 0.3) is 0 Å². The van der Waals surface area contributed by atoms with Crippen LogP contribution >= 0.6 is 27.5 Å². The summed E-state index contributed by atoms with van der Waals surface area (Å²) in [5.41, 5.74) is 5.49. The van der Waals surface area contributed by atoms with Crippen LogP contribution in [0.4, 0.5) is 14.5 Å². The molecule has 2 rings (SSSR count). The highest BCUT2D eigenvalue weighted by atomic mass is 79.9. The Morgan fingerprint density at radius 1 is 1.24 bits per heavy atom. The molecule has 0 unspecified atom stereocenters. The molecule has 21 heavy (non-hydrogen) atoms. The quantitative estimate of drug-likeness (QED) is 0.845. The van der Waals surface area contributed by atoms with Crippen molar-refractivity contribution < 1.29 is 13.6 Å².